The number of aromatic nitrogens is 3. The second-order valence-corrected chi connectivity index (χ2v) is 8.82. The zero-order valence-electron chi connectivity index (χ0n) is 24.6. The Hall–Kier alpha value is -3.30. The molecule has 0 spiro atoms. The zero-order valence-corrected chi connectivity index (χ0v) is 19.6. The molecule has 0 bridgehead atoms. The van der Waals surface area contributed by atoms with Gasteiger partial charge in [-0.2, -0.15) is 0 Å². The molecule has 0 saturated carbocycles. The van der Waals surface area contributed by atoms with Crippen molar-refractivity contribution in [2.24, 2.45) is 0 Å². The molecule has 3 aromatic rings. The molecule has 0 radical (unpaired) electrons. The first-order valence-electron chi connectivity index (χ1n) is 14.4. The van der Waals surface area contributed by atoms with Gasteiger partial charge in [-0.25, -0.2) is 4.98 Å². The van der Waals surface area contributed by atoms with Gasteiger partial charge in [0, 0.05) is 57.9 Å². The summed E-state index contributed by atoms with van der Waals surface area (Å²) < 4.78 is 47.1. The lowest BCUT2D eigenvalue weighted by molar-refractivity contribution is 0.0924. The quantitative estimate of drug-likeness (QED) is 0.555. The fraction of sp³-hybridized carbons (Fsp3) is 0.462. The van der Waals surface area contributed by atoms with E-state index >= 15 is 0 Å². The Balaban J connectivity index is 1.33. The van der Waals surface area contributed by atoms with Crippen LogP contribution >= 0.6 is 0 Å². The normalized spacial score (nSPS) is 21.7. The van der Waals surface area contributed by atoms with Crippen molar-refractivity contribution < 1.29 is 16.4 Å². The SMILES string of the molecule is [2H]C([2H])([2H])c1nc(C(=O)N[C@@H]2CCOC2)ccc1N1CCN(C([2H])([2H])c2cnc3cc(CC)c(=O)[nH]c3c2)CC1. The van der Waals surface area contributed by atoms with E-state index in [1.54, 1.807) is 23.1 Å². The van der Waals surface area contributed by atoms with E-state index in [1.807, 2.05) is 11.8 Å². The number of nitrogens with zero attached hydrogens (tertiary/aromatic N) is 4. The van der Waals surface area contributed by atoms with E-state index in [1.165, 1.54) is 12.3 Å². The Bertz CT molecular complexity index is 1460. The van der Waals surface area contributed by atoms with E-state index in [2.05, 4.69) is 20.3 Å². The molecule has 9 heteroatoms. The Morgan fingerprint density at radius 2 is 2.17 bits per heavy atom. The number of aromatic amines is 1. The molecule has 184 valence electrons. The number of rotatable bonds is 6. The van der Waals surface area contributed by atoms with E-state index in [0.29, 0.717) is 80.1 Å². The second-order valence-electron chi connectivity index (χ2n) is 8.82. The van der Waals surface area contributed by atoms with Crippen molar-refractivity contribution in [3.05, 3.63) is 63.3 Å². The molecule has 2 aliphatic heterocycles. The van der Waals surface area contributed by atoms with Crippen LogP contribution in [0.2, 0.25) is 0 Å². The maximum absolute atomic E-state index is 12.7. The van der Waals surface area contributed by atoms with Crippen molar-refractivity contribution in [1.29, 1.82) is 0 Å². The first-order valence-corrected chi connectivity index (χ1v) is 11.9. The molecule has 2 saturated heterocycles. The number of ether oxygens (including phenoxy) is 1. The first kappa shape index (κ1) is 18.0. The van der Waals surface area contributed by atoms with Crippen molar-refractivity contribution >= 4 is 22.6 Å². The topological polar surface area (TPSA) is 103 Å². The maximum atomic E-state index is 12.7. The predicted octanol–water partition coefficient (Wildman–Crippen LogP) is 2.03. The van der Waals surface area contributed by atoms with Gasteiger partial charge < -0.3 is 19.9 Å². The number of nitrogens with one attached hydrogen (secondary N) is 2. The smallest absolute Gasteiger partial charge is 0.270 e. The largest absolute Gasteiger partial charge is 0.379 e. The summed E-state index contributed by atoms with van der Waals surface area (Å²) in [6.45, 7) is -0.220. The monoisotopic (exact) mass is 481 g/mol. The maximum Gasteiger partial charge on any atom is 0.270 e. The molecule has 2 fully saturated rings. The highest BCUT2D eigenvalue weighted by molar-refractivity contribution is 5.92. The lowest BCUT2D eigenvalue weighted by Gasteiger charge is -2.36. The fourth-order valence-corrected chi connectivity index (χ4v) is 4.43. The van der Waals surface area contributed by atoms with Crippen LogP contribution in [-0.4, -0.2) is 71.2 Å². The number of carbonyl (C=O) groups excluding carboxylic acids is 1. The molecular formula is C26H32N6O3. The Morgan fingerprint density at radius 1 is 1.31 bits per heavy atom. The van der Waals surface area contributed by atoms with Crippen LogP contribution in [0.1, 0.15) is 47.5 Å². The molecule has 35 heavy (non-hydrogen) atoms. The van der Waals surface area contributed by atoms with Crippen molar-refractivity contribution in [3.63, 3.8) is 0 Å². The van der Waals surface area contributed by atoms with Crippen LogP contribution in [0.5, 0.6) is 0 Å². The molecule has 1 amide bonds. The number of pyridine rings is 3. The average molecular weight is 482 g/mol. The highest BCUT2D eigenvalue weighted by Crippen LogP contribution is 2.22. The molecule has 0 aliphatic carbocycles. The number of fused-ring (bicyclic) bond motifs is 1. The third kappa shape index (κ3) is 5.21. The van der Waals surface area contributed by atoms with Crippen molar-refractivity contribution in [3.8, 4) is 0 Å². The summed E-state index contributed by atoms with van der Waals surface area (Å²) >= 11 is 0. The first-order chi connectivity index (χ1) is 19.0. The number of hydrogen-bond donors (Lipinski definition) is 2. The molecule has 0 aromatic carbocycles. The van der Waals surface area contributed by atoms with Gasteiger partial charge in [-0.3, -0.25) is 19.5 Å². The van der Waals surface area contributed by atoms with Gasteiger partial charge in [-0.1, -0.05) is 6.92 Å². The zero-order chi connectivity index (χ0) is 28.7. The highest BCUT2D eigenvalue weighted by atomic mass is 16.5. The lowest BCUT2D eigenvalue weighted by Crippen LogP contribution is -2.46. The second kappa shape index (κ2) is 10.1. The van der Waals surface area contributed by atoms with Crippen LogP contribution in [0.3, 0.4) is 0 Å². The summed E-state index contributed by atoms with van der Waals surface area (Å²) in [5, 5.41) is 2.83. The van der Waals surface area contributed by atoms with Crippen LogP contribution in [0, 0.1) is 6.85 Å². The van der Waals surface area contributed by atoms with Gasteiger partial charge in [-0.15, -0.1) is 0 Å². The van der Waals surface area contributed by atoms with Crippen molar-refractivity contribution in [1.82, 2.24) is 25.2 Å². The fourth-order valence-electron chi connectivity index (χ4n) is 4.43. The third-order valence-electron chi connectivity index (χ3n) is 6.43. The minimum absolute atomic E-state index is 0.0321. The van der Waals surface area contributed by atoms with Gasteiger partial charge in [-0.05, 0) is 49.5 Å². The molecular weight excluding hydrogens is 444 g/mol. The summed E-state index contributed by atoms with van der Waals surface area (Å²) in [6.07, 6.45) is 2.76. The third-order valence-corrected chi connectivity index (χ3v) is 6.43. The summed E-state index contributed by atoms with van der Waals surface area (Å²) in [4.78, 5) is 39.9. The van der Waals surface area contributed by atoms with E-state index in [-0.39, 0.29) is 23.0 Å². The number of carbonyl (C=O) groups is 1. The average Bonchev–Trinajstić information content (AvgIpc) is 3.44. The molecule has 2 aliphatic rings. The summed E-state index contributed by atoms with van der Waals surface area (Å²) in [7, 11) is 0. The number of anilines is 1. The van der Waals surface area contributed by atoms with Crippen LogP contribution in [-0.2, 0) is 17.7 Å². The molecule has 3 aromatic heterocycles. The lowest BCUT2D eigenvalue weighted by atomic mass is 10.1. The van der Waals surface area contributed by atoms with Gasteiger partial charge in [0.1, 0.15) is 5.69 Å². The minimum Gasteiger partial charge on any atom is -0.379 e. The summed E-state index contributed by atoms with van der Waals surface area (Å²) in [5.74, 6) is -0.443. The number of amides is 1. The molecule has 9 nitrogen and oxygen atoms in total. The van der Waals surface area contributed by atoms with Crippen molar-refractivity contribution in [2.45, 2.75) is 39.2 Å². The molecule has 1 atom stereocenters. The summed E-state index contributed by atoms with van der Waals surface area (Å²) in [5.41, 5.74) is 2.07. The van der Waals surface area contributed by atoms with Crippen LogP contribution in [0.15, 0.2) is 35.3 Å². The molecule has 0 unspecified atom stereocenters. The predicted molar refractivity (Wildman–Crippen MR) is 135 cm³/mol. The number of hydrogen-bond acceptors (Lipinski definition) is 7. The van der Waals surface area contributed by atoms with E-state index in [9.17, 15) is 9.59 Å². The molecule has 2 N–H and O–H groups in total. The van der Waals surface area contributed by atoms with Crippen LogP contribution < -0.4 is 15.8 Å². The van der Waals surface area contributed by atoms with Gasteiger partial charge >= 0.3 is 0 Å². The summed E-state index contributed by atoms with van der Waals surface area (Å²) in [6, 6.07) is 6.34. The minimum atomic E-state index is -2.54. The highest BCUT2D eigenvalue weighted by Gasteiger charge is 2.22. The van der Waals surface area contributed by atoms with E-state index in [0.717, 1.165) is 0 Å². The van der Waals surface area contributed by atoms with E-state index in [4.69, 9.17) is 11.6 Å². The Labute approximate surface area is 211 Å². The number of H-pyrrole nitrogens is 1. The van der Waals surface area contributed by atoms with Gasteiger partial charge in [0.15, 0.2) is 0 Å². The van der Waals surface area contributed by atoms with Crippen molar-refractivity contribution in [2.75, 3.05) is 44.3 Å². The molecule has 5 heterocycles. The molecule has 5 rings (SSSR count). The number of piperazine rings is 1. The van der Waals surface area contributed by atoms with Gasteiger partial charge in [0.25, 0.3) is 11.5 Å². The Morgan fingerprint density at radius 3 is 2.91 bits per heavy atom. The van der Waals surface area contributed by atoms with Crippen LogP contribution in [0.4, 0.5) is 5.69 Å². The standard InChI is InChI=1S/C26H32N6O3/c1-3-19-13-22-23(30-25(19)33)12-18(14-27-22)15-31-7-9-32(10-8-31)24-5-4-21(28-17(24)2)26(34)29-20-6-11-35-16-20/h4-5,12-14,20H,3,6-11,15-16H2,1-2H3,(H,29,34)(H,30,33)/t20-/m1/s1/i2D3,15D2. The van der Waals surface area contributed by atoms with Gasteiger partial charge in [0.05, 0.1) is 35.1 Å². The Kier molecular flexibility index (Phi) is 5.22. The van der Waals surface area contributed by atoms with Gasteiger partial charge in [0.2, 0.25) is 0 Å². The van der Waals surface area contributed by atoms with Crippen LogP contribution in [0.25, 0.3) is 11.0 Å². The number of aryl methyl sites for hydroxylation is 2. The van der Waals surface area contributed by atoms with E-state index < -0.39 is 19.3 Å².